The van der Waals surface area contributed by atoms with E-state index in [-0.39, 0.29) is 18.4 Å². The quantitative estimate of drug-likeness (QED) is 0.527. The van der Waals surface area contributed by atoms with Crippen LogP contribution in [0.1, 0.15) is 0 Å². The average Bonchev–Trinajstić information content (AvgIpc) is 3.16. The Morgan fingerprint density at radius 1 is 1.21 bits per heavy atom. The number of carbonyl (C=O) groups excluding carboxylic acids is 1. The number of amides is 1. The third-order valence-corrected chi connectivity index (χ3v) is 4.87. The number of aromatic amines is 1. The van der Waals surface area contributed by atoms with Crippen molar-refractivity contribution in [3.8, 4) is 11.5 Å². The highest BCUT2D eigenvalue weighted by Gasteiger charge is 2.28. The second-order valence-corrected chi connectivity index (χ2v) is 6.72. The van der Waals surface area contributed by atoms with Gasteiger partial charge in [0.1, 0.15) is 26.2 Å². The molecule has 10 nitrogen and oxygen atoms in total. The Kier molecular flexibility index (Phi) is 4.94. The molecule has 1 amide bonds. The van der Waals surface area contributed by atoms with Crippen LogP contribution in [0.3, 0.4) is 0 Å². The van der Waals surface area contributed by atoms with Crippen LogP contribution < -0.4 is 29.6 Å². The summed E-state index contributed by atoms with van der Waals surface area (Å²) in [5.74, 6) is 2.11. The van der Waals surface area contributed by atoms with Crippen molar-refractivity contribution in [1.29, 1.82) is 0 Å². The van der Waals surface area contributed by atoms with E-state index in [1.165, 1.54) is 17.2 Å². The van der Waals surface area contributed by atoms with Crippen molar-refractivity contribution < 1.29 is 29.1 Å². The van der Waals surface area contributed by atoms with Crippen molar-refractivity contribution >= 4 is 23.1 Å². The van der Waals surface area contributed by atoms with Gasteiger partial charge < -0.3 is 19.7 Å². The van der Waals surface area contributed by atoms with E-state index in [0.29, 0.717) is 23.7 Å². The normalized spacial score (nSPS) is 16.1. The maximum Gasteiger partial charge on any atom is 0.308 e. The highest BCUT2D eigenvalue weighted by Crippen LogP contribution is 2.34. The van der Waals surface area contributed by atoms with Crippen LogP contribution >= 0.6 is 0 Å². The van der Waals surface area contributed by atoms with Gasteiger partial charge in [0.25, 0.3) is 11.7 Å². The van der Waals surface area contributed by atoms with Gasteiger partial charge in [-0.15, -0.1) is 0 Å². The third-order valence-electron chi connectivity index (χ3n) is 4.87. The van der Waals surface area contributed by atoms with Gasteiger partial charge in [-0.1, -0.05) is 0 Å². The first-order chi connectivity index (χ1) is 13.6. The van der Waals surface area contributed by atoms with E-state index in [2.05, 4.69) is 15.2 Å². The first-order valence-corrected chi connectivity index (χ1v) is 9.02. The molecular weight excluding hydrogens is 366 g/mol. The van der Waals surface area contributed by atoms with Crippen LogP contribution in [0.15, 0.2) is 36.5 Å². The van der Waals surface area contributed by atoms with Crippen molar-refractivity contribution in [3.05, 3.63) is 46.6 Å². The molecule has 0 aliphatic carbocycles. The van der Waals surface area contributed by atoms with E-state index in [1.54, 1.807) is 24.3 Å². The fourth-order valence-electron chi connectivity index (χ4n) is 3.37. The zero-order chi connectivity index (χ0) is 19.5. The molecule has 0 atom stereocenters. The Morgan fingerprint density at radius 2 is 2.00 bits per heavy atom. The molecule has 2 aliphatic rings. The lowest BCUT2D eigenvalue weighted by molar-refractivity contribution is -0.892. The summed E-state index contributed by atoms with van der Waals surface area (Å²) < 4.78 is 10.6. The summed E-state index contributed by atoms with van der Waals surface area (Å²) in [4.78, 5) is 28.9. The summed E-state index contributed by atoms with van der Waals surface area (Å²) in [5.41, 5.74) is 0.723. The Balaban J connectivity index is 1.27. The molecule has 2 aliphatic heterocycles. The van der Waals surface area contributed by atoms with Crippen LogP contribution in [-0.2, 0) is 4.79 Å². The maximum absolute atomic E-state index is 12.3. The van der Waals surface area contributed by atoms with Crippen LogP contribution in [0, 0.1) is 10.1 Å². The number of hydrogen-bond acceptors (Lipinski definition) is 6. The topological polar surface area (TPSA) is 113 Å². The predicted octanol–water partition coefficient (Wildman–Crippen LogP) is -0.519. The molecule has 28 heavy (non-hydrogen) atoms. The summed E-state index contributed by atoms with van der Waals surface area (Å²) in [7, 11) is 0. The van der Waals surface area contributed by atoms with Crippen LogP contribution in [-0.4, -0.2) is 50.3 Å². The van der Waals surface area contributed by atoms with E-state index in [1.807, 2.05) is 0 Å². The Hall–Kier alpha value is -3.40. The fourth-order valence-corrected chi connectivity index (χ4v) is 3.37. The van der Waals surface area contributed by atoms with Crippen LogP contribution in [0.2, 0.25) is 0 Å². The van der Waals surface area contributed by atoms with Crippen molar-refractivity contribution in [2.24, 2.45) is 0 Å². The van der Waals surface area contributed by atoms with Gasteiger partial charge >= 0.3 is 5.69 Å². The lowest BCUT2D eigenvalue weighted by atomic mass is 10.2. The molecule has 1 saturated heterocycles. The number of nitrogens with zero attached hydrogens (tertiary/aromatic N) is 2. The minimum absolute atomic E-state index is 0.0354. The summed E-state index contributed by atoms with van der Waals surface area (Å²) in [6.45, 7) is 3.72. The number of carbonyl (C=O) groups is 1. The van der Waals surface area contributed by atoms with Gasteiger partial charge in [0, 0.05) is 23.9 Å². The molecule has 0 radical (unpaired) electrons. The maximum atomic E-state index is 12.3. The molecule has 1 fully saturated rings. The first kappa shape index (κ1) is 18.0. The average molecular weight is 387 g/mol. The molecule has 0 bridgehead atoms. The lowest BCUT2D eigenvalue weighted by Crippen LogP contribution is -3.15. The number of pyridine rings is 1. The number of hydrogen-bond donors (Lipinski definition) is 2. The number of nitrogens with one attached hydrogen (secondary N) is 3. The van der Waals surface area contributed by atoms with Crippen molar-refractivity contribution in [2.75, 3.05) is 49.7 Å². The highest BCUT2D eigenvalue weighted by atomic mass is 16.7. The number of quaternary nitrogens is 1. The molecule has 2 aromatic rings. The summed E-state index contributed by atoms with van der Waals surface area (Å²) >= 11 is 0. The van der Waals surface area contributed by atoms with Gasteiger partial charge in [-0.3, -0.25) is 19.8 Å². The largest absolute Gasteiger partial charge is 0.454 e. The molecule has 0 spiro atoms. The molecule has 3 heterocycles. The van der Waals surface area contributed by atoms with Crippen molar-refractivity contribution in [2.45, 2.75) is 0 Å². The van der Waals surface area contributed by atoms with E-state index in [0.717, 1.165) is 32.0 Å². The van der Waals surface area contributed by atoms with Gasteiger partial charge in [0.15, 0.2) is 24.2 Å². The predicted molar refractivity (Wildman–Crippen MR) is 98.6 cm³/mol. The van der Waals surface area contributed by atoms with E-state index in [9.17, 15) is 14.9 Å². The summed E-state index contributed by atoms with van der Waals surface area (Å²) in [5, 5.41) is 13.6. The molecule has 1 aromatic carbocycles. The second kappa shape index (κ2) is 7.69. The van der Waals surface area contributed by atoms with Gasteiger partial charge in [-0.05, 0) is 12.1 Å². The number of H-pyrrole nitrogens is 1. The zero-order valence-electron chi connectivity index (χ0n) is 15.1. The molecule has 0 unspecified atom stereocenters. The Bertz CT molecular complexity index is 880. The lowest BCUT2D eigenvalue weighted by Gasteiger charge is -2.27. The number of ether oxygens (including phenoxy) is 2. The second-order valence-electron chi connectivity index (χ2n) is 6.72. The van der Waals surface area contributed by atoms with Gasteiger partial charge in [0.2, 0.25) is 6.79 Å². The molecule has 1 aromatic heterocycles. The number of anilines is 2. The summed E-state index contributed by atoms with van der Waals surface area (Å²) in [6, 6.07) is 8.55. The van der Waals surface area contributed by atoms with Crippen LogP contribution in [0.25, 0.3) is 0 Å². The standard InChI is InChI=1S/C18H19N5O5/c24-18(20-13-1-3-15-16(9-13)28-12-27-15)11-21-5-7-22(8-6-21)17-4-2-14(10-19-17)23(25)26/h1-4,9-10H,5-8,11-12H2,(H,20,24)/p+2. The first-order valence-electron chi connectivity index (χ1n) is 9.02. The number of fused-ring (bicyclic) bond motifs is 1. The van der Waals surface area contributed by atoms with E-state index in [4.69, 9.17) is 9.47 Å². The van der Waals surface area contributed by atoms with E-state index >= 15 is 0 Å². The third kappa shape index (κ3) is 3.96. The molecule has 146 valence electrons. The van der Waals surface area contributed by atoms with Crippen LogP contribution in [0.4, 0.5) is 17.2 Å². The smallest absolute Gasteiger partial charge is 0.308 e. The monoisotopic (exact) mass is 387 g/mol. The number of piperazine rings is 1. The number of rotatable bonds is 5. The number of aromatic nitrogens is 1. The number of benzene rings is 1. The van der Waals surface area contributed by atoms with Gasteiger partial charge in [0.05, 0.1) is 4.92 Å². The van der Waals surface area contributed by atoms with Crippen molar-refractivity contribution in [1.82, 2.24) is 0 Å². The van der Waals surface area contributed by atoms with E-state index < -0.39 is 4.92 Å². The SMILES string of the molecule is O=C(C[NH+]1CCN(c2ccc([N+](=O)[O-])c[nH+]2)CC1)Nc1ccc2c(c1)OCO2. The fraction of sp³-hybridized carbons (Fsp3) is 0.333. The number of nitro groups is 1. The highest BCUT2D eigenvalue weighted by molar-refractivity contribution is 5.91. The Morgan fingerprint density at radius 3 is 2.71 bits per heavy atom. The molecule has 3 N–H and O–H groups in total. The summed E-state index contributed by atoms with van der Waals surface area (Å²) in [6.07, 6.45) is 1.40. The van der Waals surface area contributed by atoms with Gasteiger partial charge in [-0.2, -0.15) is 0 Å². The minimum Gasteiger partial charge on any atom is -0.454 e. The van der Waals surface area contributed by atoms with Crippen LogP contribution in [0.5, 0.6) is 11.5 Å². The Labute approximate surface area is 160 Å². The molecular formula is C18H21N5O5+2. The van der Waals surface area contributed by atoms with Crippen molar-refractivity contribution in [3.63, 3.8) is 0 Å². The molecule has 0 saturated carbocycles. The molecule has 10 heteroatoms. The minimum atomic E-state index is -0.429. The zero-order valence-corrected chi connectivity index (χ0v) is 15.1. The molecule has 4 rings (SSSR count). The van der Waals surface area contributed by atoms with Gasteiger partial charge in [-0.25, -0.2) is 4.98 Å².